The summed E-state index contributed by atoms with van der Waals surface area (Å²) in [6.45, 7) is 8.16. The van der Waals surface area contributed by atoms with Gasteiger partial charge >= 0.3 is 5.97 Å². The highest BCUT2D eigenvalue weighted by molar-refractivity contribution is 7.13. The largest absolute Gasteiger partial charge is 0.453 e. The molecule has 0 aliphatic heterocycles. The SMILES string of the molecule is Cc1cc(C)n2nc(C(=O)OCc3csc(-c4ccc(C(C)C)cc4)n3)nc2n1. The second-order valence-corrected chi connectivity index (χ2v) is 8.04. The van der Waals surface area contributed by atoms with Gasteiger partial charge in [-0.15, -0.1) is 16.4 Å². The number of hydrogen-bond acceptors (Lipinski definition) is 7. The minimum atomic E-state index is -0.594. The topological polar surface area (TPSA) is 82.3 Å². The van der Waals surface area contributed by atoms with Crippen LogP contribution >= 0.6 is 11.3 Å². The number of benzene rings is 1. The maximum Gasteiger partial charge on any atom is 0.378 e. The number of aryl methyl sites for hydroxylation is 2. The summed E-state index contributed by atoms with van der Waals surface area (Å²) in [5.41, 5.74) is 4.71. The van der Waals surface area contributed by atoms with E-state index in [0.29, 0.717) is 17.4 Å². The van der Waals surface area contributed by atoms with Crippen molar-refractivity contribution >= 4 is 23.1 Å². The van der Waals surface area contributed by atoms with Gasteiger partial charge in [-0.2, -0.15) is 4.98 Å². The van der Waals surface area contributed by atoms with E-state index in [1.54, 1.807) is 0 Å². The van der Waals surface area contributed by atoms with Crippen LogP contribution in [0.5, 0.6) is 0 Å². The first kappa shape index (κ1) is 19.2. The molecule has 0 unspecified atom stereocenters. The molecule has 0 fully saturated rings. The molecule has 4 aromatic rings. The summed E-state index contributed by atoms with van der Waals surface area (Å²) in [6, 6.07) is 10.3. The third-order valence-corrected chi connectivity index (χ3v) is 5.47. The quantitative estimate of drug-likeness (QED) is 0.458. The third kappa shape index (κ3) is 4.02. The number of ether oxygens (including phenoxy) is 1. The van der Waals surface area contributed by atoms with Crippen molar-refractivity contribution < 1.29 is 9.53 Å². The highest BCUT2D eigenvalue weighted by Crippen LogP contribution is 2.26. The van der Waals surface area contributed by atoms with E-state index in [1.807, 2.05) is 25.3 Å². The molecule has 0 spiro atoms. The Hall–Kier alpha value is -3.13. The average molecular weight is 407 g/mol. The van der Waals surface area contributed by atoms with Crippen LogP contribution in [0.15, 0.2) is 35.7 Å². The van der Waals surface area contributed by atoms with E-state index in [-0.39, 0.29) is 12.4 Å². The van der Waals surface area contributed by atoms with Crippen LogP contribution in [-0.4, -0.2) is 30.5 Å². The first-order chi connectivity index (χ1) is 13.9. The van der Waals surface area contributed by atoms with Gasteiger partial charge in [0.15, 0.2) is 0 Å². The van der Waals surface area contributed by atoms with Crippen molar-refractivity contribution in [1.82, 2.24) is 24.6 Å². The minimum Gasteiger partial charge on any atom is -0.453 e. The Balaban J connectivity index is 1.44. The molecule has 0 radical (unpaired) electrons. The van der Waals surface area contributed by atoms with Crippen molar-refractivity contribution in [1.29, 1.82) is 0 Å². The Morgan fingerprint density at radius 3 is 2.62 bits per heavy atom. The van der Waals surface area contributed by atoms with Crippen molar-refractivity contribution in [3.05, 3.63) is 64.2 Å². The number of rotatable bonds is 5. The Bertz CT molecular complexity index is 1180. The van der Waals surface area contributed by atoms with E-state index in [0.717, 1.165) is 22.0 Å². The molecule has 3 aromatic heterocycles. The fourth-order valence-electron chi connectivity index (χ4n) is 2.97. The van der Waals surface area contributed by atoms with E-state index in [4.69, 9.17) is 4.74 Å². The number of fused-ring (bicyclic) bond motifs is 1. The second-order valence-electron chi connectivity index (χ2n) is 7.18. The van der Waals surface area contributed by atoms with Gasteiger partial charge < -0.3 is 4.74 Å². The van der Waals surface area contributed by atoms with Crippen LogP contribution in [0.3, 0.4) is 0 Å². The Labute approximate surface area is 172 Å². The van der Waals surface area contributed by atoms with Gasteiger partial charge in [-0.1, -0.05) is 38.1 Å². The maximum absolute atomic E-state index is 12.3. The fraction of sp³-hybridized carbons (Fsp3) is 0.286. The molecule has 0 atom stereocenters. The van der Waals surface area contributed by atoms with Gasteiger partial charge in [0.1, 0.15) is 11.6 Å². The lowest BCUT2D eigenvalue weighted by Crippen LogP contribution is -2.08. The van der Waals surface area contributed by atoms with Crippen LogP contribution in [0, 0.1) is 13.8 Å². The summed E-state index contributed by atoms with van der Waals surface area (Å²) in [6.07, 6.45) is 0. The zero-order valence-corrected chi connectivity index (χ0v) is 17.5. The van der Waals surface area contributed by atoms with Crippen molar-refractivity contribution in [2.24, 2.45) is 0 Å². The van der Waals surface area contributed by atoms with Crippen LogP contribution in [0.25, 0.3) is 16.3 Å². The molecule has 0 bridgehead atoms. The predicted octanol–water partition coefficient (Wildman–Crippen LogP) is 4.35. The molecule has 29 heavy (non-hydrogen) atoms. The molecule has 8 heteroatoms. The summed E-state index contributed by atoms with van der Waals surface area (Å²) < 4.78 is 6.89. The lowest BCUT2D eigenvalue weighted by Gasteiger charge is -2.05. The van der Waals surface area contributed by atoms with Gasteiger partial charge in [0, 0.05) is 22.3 Å². The number of aromatic nitrogens is 5. The average Bonchev–Trinajstić information content (AvgIpc) is 3.33. The molecule has 0 saturated heterocycles. The molecule has 0 saturated carbocycles. The molecule has 0 N–H and O–H groups in total. The second kappa shape index (κ2) is 7.71. The summed E-state index contributed by atoms with van der Waals surface area (Å²) >= 11 is 1.52. The van der Waals surface area contributed by atoms with Crippen LogP contribution in [0.2, 0.25) is 0 Å². The van der Waals surface area contributed by atoms with E-state index in [1.165, 1.54) is 21.4 Å². The van der Waals surface area contributed by atoms with Crippen LogP contribution < -0.4 is 0 Å². The van der Waals surface area contributed by atoms with Crippen molar-refractivity contribution in [3.8, 4) is 10.6 Å². The lowest BCUT2D eigenvalue weighted by molar-refractivity contribution is 0.0454. The normalized spacial score (nSPS) is 11.3. The van der Waals surface area contributed by atoms with E-state index >= 15 is 0 Å². The monoisotopic (exact) mass is 407 g/mol. The number of carbonyl (C=O) groups is 1. The van der Waals surface area contributed by atoms with E-state index in [2.05, 4.69) is 58.2 Å². The molecule has 4 rings (SSSR count). The van der Waals surface area contributed by atoms with Crippen molar-refractivity contribution in [2.45, 2.75) is 40.2 Å². The van der Waals surface area contributed by atoms with E-state index < -0.39 is 5.97 Å². The number of carbonyl (C=O) groups excluding carboxylic acids is 1. The lowest BCUT2D eigenvalue weighted by atomic mass is 10.0. The van der Waals surface area contributed by atoms with Crippen LogP contribution in [-0.2, 0) is 11.3 Å². The first-order valence-electron chi connectivity index (χ1n) is 9.33. The first-order valence-corrected chi connectivity index (χ1v) is 10.2. The van der Waals surface area contributed by atoms with Gasteiger partial charge in [-0.05, 0) is 31.4 Å². The number of esters is 1. The molecule has 1 aromatic carbocycles. The van der Waals surface area contributed by atoms with Crippen LogP contribution in [0.1, 0.15) is 53.0 Å². The molecule has 148 valence electrons. The van der Waals surface area contributed by atoms with E-state index in [9.17, 15) is 4.79 Å². The molecular weight excluding hydrogens is 386 g/mol. The van der Waals surface area contributed by atoms with Crippen molar-refractivity contribution in [3.63, 3.8) is 0 Å². The summed E-state index contributed by atoms with van der Waals surface area (Å²) in [5.74, 6) is 0.274. The number of thiazole rings is 1. The summed E-state index contributed by atoms with van der Waals surface area (Å²) in [4.78, 5) is 25.4. The summed E-state index contributed by atoms with van der Waals surface area (Å²) in [5, 5.41) is 6.98. The number of nitrogens with zero attached hydrogens (tertiary/aromatic N) is 5. The highest BCUT2D eigenvalue weighted by Gasteiger charge is 2.17. The zero-order chi connectivity index (χ0) is 20.5. The Morgan fingerprint density at radius 2 is 1.90 bits per heavy atom. The minimum absolute atomic E-state index is 0.00840. The van der Waals surface area contributed by atoms with Gasteiger partial charge in [-0.3, -0.25) is 0 Å². The van der Waals surface area contributed by atoms with Gasteiger partial charge in [0.05, 0.1) is 5.69 Å². The fourth-order valence-corrected chi connectivity index (χ4v) is 3.78. The molecule has 7 nitrogen and oxygen atoms in total. The van der Waals surface area contributed by atoms with Crippen LogP contribution in [0.4, 0.5) is 0 Å². The standard InChI is InChI=1S/C21H21N5O2S/c1-12(2)15-5-7-16(8-6-15)19-23-17(11-29-19)10-28-20(27)18-24-21-22-13(3)9-14(4)26(21)25-18/h5-9,11-12H,10H2,1-4H3. The molecule has 0 amide bonds. The number of hydrogen-bond donors (Lipinski definition) is 0. The summed E-state index contributed by atoms with van der Waals surface area (Å²) in [7, 11) is 0. The smallest absolute Gasteiger partial charge is 0.378 e. The van der Waals surface area contributed by atoms with Crippen molar-refractivity contribution in [2.75, 3.05) is 0 Å². The molecule has 0 aliphatic rings. The predicted molar refractivity (Wildman–Crippen MR) is 111 cm³/mol. The molecular formula is C21H21N5O2S. The molecule has 3 heterocycles. The molecule has 0 aliphatic carbocycles. The van der Waals surface area contributed by atoms with Gasteiger partial charge in [0.25, 0.3) is 11.6 Å². The Kier molecular flexibility index (Phi) is 5.10. The van der Waals surface area contributed by atoms with Gasteiger partial charge in [0.2, 0.25) is 0 Å². The maximum atomic E-state index is 12.3. The third-order valence-electron chi connectivity index (χ3n) is 4.53. The highest BCUT2D eigenvalue weighted by atomic mass is 32.1. The van der Waals surface area contributed by atoms with Gasteiger partial charge in [-0.25, -0.2) is 19.3 Å². The Morgan fingerprint density at radius 1 is 1.14 bits per heavy atom. The zero-order valence-electron chi connectivity index (χ0n) is 16.7.